The maximum atomic E-state index is 4.75. The van der Waals surface area contributed by atoms with Gasteiger partial charge in [0.15, 0.2) is 4.96 Å². The number of thiazole rings is 1. The molecular formula is C16H26N4S. The van der Waals surface area contributed by atoms with Crippen LogP contribution in [0.2, 0.25) is 0 Å². The highest BCUT2D eigenvalue weighted by Gasteiger charge is 2.29. The predicted octanol–water partition coefficient (Wildman–Crippen LogP) is 2.99. The number of nitrogens with one attached hydrogen (secondary N) is 1. The molecule has 3 rings (SSSR count). The average Bonchev–Trinajstić information content (AvgIpc) is 3.00. The molecule has 116 valence electrons. The summed E-state index contributed by atoms with van der Waals surface area (Å²) in [4.78, 5) is 8.49. The maximum Gasteiger partial charge on any atom is 0.193 e. The zero-order valence-electron chi connectivity index (χ0n) is 13.2. The number of rotatable bonds is 5. The predicted molar refractivity (Wildman–Crippen MR) is 88.8 cm³/mol. The molecule has 0 bridgehead atoms. The van der Waals surface area contributed by atoms with Crippen LogP contribution in [0.3, 0.4) is 0 Å². The summed E-state index contributed by atoms with van der Waals surface area (Å²) in [5, 5.41) is 5.81. The Hall–Kier alpha value is -0.910. The molecule has 1 N–H and O–H groups in total. The summed E-state index contributed by atoms with van der Waals surface area (Å²) in [5.74, 6) is 0.670. The Labute approximate surface area is 131 Å². The van der Waals surface area contributed by atoms with Crippen molar-refractivity contribution in [2.45, 2.75) is 52.2 Å². The van der Waals surface area contributed by atoms with Crippen LogP contribution in [0, 0.1) is 5.92 Å². The van der Waals surface area contributed by atoms with Crippen molar-refractivity contribution in [1.29, 1.82) is 0 Å². The van der Waals surface area contributed by atoms with Crippen molar-refractivity contribution in [3.63, 3.8) is 0 Å². The molecule has 1 aliphatic rings. The summed E-state index contributed by atoms with van der Waals surface area (Å²) in [5.41, 5.74) is 1.20. The Morgan fingerprint density at radius 3 is 3.05 bits per heavy atom. The number of aromatic nitrogens is 2. The van der Waals surface area contributed by atoms with E-state index in [1.165, 1.54) is 18.5 Å². The van der Waals surface area contributed by atoms with Crippen LogP contribution in [0.25, 0.3) is 4.96 Å². The fraction of sp³-hybridized carbons (Fsp3) is 0.688. The van der Waals surface area contributed by atoms with E-state index in [4.69, 9.17) is 4.98 Å². The number of nitrogens with zero attached hydrogens (tertiary/aromatic N) is 3. The van der Waals surface area contributed by atoms with Crippen molar-refractivity contribution >= 4 is 16.3 Å². The highest BCUT2D eigenvalue weighted by Crippen LogP contribution is 2.20. The minimum absolute atomic E-state index is 0.609. The number of piperazine rings is 1. The molecule has 0 aromatic carbocycles. The van der Waals surface area contributed by atoms with Crippen LogP contribution in [0.15, 0.2) is 17.8 Å². The van der Waals surface area contributed by atoms with Crippen LogP contribution in [-0.4, -0.2) is 39.5 Å². The molecule has 21 heavy (non-hydrogen) atoms. The molecule has 0 spiro atoms. The van der Waals surface area contributed by atoms with Crippen molar-refractivity contribution in [1.82, 2.24) is 19.6 Å². The Bertz CT molecular complexity index is 545. The molecule has 1 aliphatic heterocycles. The highest BCUT2D eigenvalue weighted by molar-refractivity contribution is 7.15. The van der Waals surface area contributed by atoms with E-state index in [-0.39, 0.29) is 0 Å². The normalized spacial score (nSPS) is 24.2. The van der Waals surface area contributed by atoms with Crippen molar-refractivity contribution < 1.29 is 0 Å². The van der Waals surface area contributed by atoms with Crippen LogP contribution in [0.4, 0.5) is 0 Å². The lowest BCUT2D eigenvalue weighted by Crippen LogP contribution is -2.57. The summed E-state index contributed by atoms with van der Waals surface area (Å²) in [6.45, 7) is 10.1. The van der Waals surface area contributed by atoms with E-state index in [2.05, 4.69) is 53.2 Å². The largest absolute Gasteiger partial charge is 0.311 e. The topological polar surface area (TPSA) is 32.6 Å². The van der Waals surface area contributed by atoms with Gasteiger partial charge in [0, 0.05) is 49.5 Å². The lowest BCUT2D eigenvalue weighted by molar-refractivity contribution is 0.0874. The first-order valence-electron chi connectivity index (χ1n) is 8.06. The van der Waals surface area contributed by atoms with E-state index in [1.807, 2.05) is 0 Å². The zero-order chi connectivity index (χ0) is 14.8. The van der Waals surface area contributed by atoms with Gasteiger partial charge in [-0.25, -0.2) is 4.98 Å². The van der Waals surface area contributed by atoms with Crippen LogP contribution in [0.5, 0.6) is 0 Å². The van der Waals surface area contributed by atoms with Gasteiger partial charge in [-0.15, -0.1) is 11.3 Å². The van der Waals surface area contributed by atoms with Gasteiger partial charge in [-0.1, -0.05) is 27.2 Å². The highest BCUT2D eigenvalue weighted by atomic mass is 32.1. The second-order valence-corrected chi connectivity index (χ2v) is 7.33. The van der Waals surface area contributed by atoms with Crippen LogP contribution in [-0.2, 0) is 6.54 Å². The SMILES string of the molecule is CCCC1CN(Cc2cn3ccsc3n2)C(C(C)C)CN1. The first-order valence-corrected chi connectivity index (χ1v) is 8.94. The van der Waals surface area contributed by atoms with E-state index in [0.717, 1.165) is 24.6 Å². The van der Waals surface area contributed by atoms with E-state index >= 15 is 0 Å². The van der Waals surface area contributed by atoms with Crippen molar-refractivity contribution in [2.24, 2.45) is 5.92 Å². The van der Waals surface area contributed by atoms with Gasteiger partial charge < -0.3 is 5.32 Å². The molecule has 0 saturated carbocycles. The van der Waals surface area contributed by atoms with Gasteiger partial charge in [0.1, 0.15) is 0 Å². The van der Waals surface area contributed by atoms with Gasteiger partial charge in [-0.2, -0.15) is 0 Å². The Balaban J connectivity index is 1.73. The smallest absolute Gasteiger partial charge is 0.193 e. The summed E-state index contributed by atoms with van der Waals surface area (Å²) in [6, 6.07) is 1.24. The fourth-order valence-electron chi connectivity index (χ4n) is 3.34. The molecule has 2 atom stereocenters. The minimum Gasteiger partial charge on any atom is -0.311 e. The second-order valence-electron chi connectivity index (χ2n) is 6.46. The third kappa shape index (κ3) is 3.30. The van der Waals surface area contributed by atoms with Gasteiger partial charge in [-0.05, 0) is 12.3 Å². The Kier molecular flexibility index (Phi) is 4.62. The van der Waals surface area contributed by atoms with Crippen molar-refractivity contribution in [3.05, 3.63) is 23.5 Å². The first-order chi connectivity index (χ1) is 10.2. The lowest BCUT2D eigenvalue weighted by Gasteiger charge is -2.42. The maximum absolute atomic E-state index is 4.75. The molecule has 5 heteroatoms. The van der Waals surface area contributed by atoms with Crippen LogP contribution >= 0.6 is 11.3 Å². The van der Waals surface area contributed by atoms with Gasteiger partial charge in [0.05, 0.1) is 5.69 Å². The van der Waals surface area contributed by atoms with Gasteiger partial charge >= 0.3 is 0 Å². The van der Waals surface area contributed by atoms with Gasteiger partial charge in [-0.3, -0.25) is 9.30 Å². The Morgan fingerprint density at radius 1 is 1.48 bits per heavy atom. The third-order valence-corrected chi connectivity index (χ3v) is 5.23. The van der Waals surface area contributed by atoms with E-state index in [9.17, 15) is 0 Å². The summed E-state index contributed by atoms with van der Waals surface area (Å²) >= 11 is 1.71. The van der Waals surface area contributed by atoms with Gasteiger partial charge in [0.2, 0.25) is 0 Å². The quantitative estimate of drug-likeness (QED) is 0.922. The lowest BCUT2D eigenvalue weighted by atomic mass is 9.97. The molecule has 3 heterocycles. The van der Waals surface area contributed by atoms with Crippen molar-refractivity contribution in [3.8, 4) is 0 Å². The number of hydrogen-bond acceptors (Lipinski definition) is 4. The molecule has 2 aromatic heterocycles. The monoisotopic (exact) mass is 306 g/mol. The van der Waals surface area contributed by atoms with Gasteiger partial charge in [0.25, 0.3) is 0 Å². The summed E-state index contributed by atoms with van der Waals surface area (Å²) in [6.07, 6.45) is 6.78. The average molecular weight is 306 g/mol. The molecule has 1 saturated heterocycles. The first kappa shape index (κ1) is 15.0. The molecule has 4 nitrogen and oxygen atoms in total. The number of imidazole rings is 1. The van der Waals surface area contributed by atoms with Crippen LogP contribution in [0.1, 0.15) is 39.3 Å². The second kappa shape index (κ2) is 6.46. The summed E-state index contributed by atoms with van der Waals surface area (Å²) < 4.78 is 2.14. The zero-order valence-corrected chi connectivity index (χ0v) is 14.1. The fourth-order valence-corrected chi connectivity index (χ4v) is 4.06. The van der Waals surface area contributed by atoms with Crippen molar-refractivity contribution in [2.75, 3.05) is 13.1 Å². The summed E-state index contributed by atoms with van der Waals surface area (Å²) in [7, 11) is 0. The van der Waals surface area contributed by atoms with E-state index in [0.29, 0.717) is 18.0 Å². The molecular weight excluding hydrogens is 280 g/mol. The van der Waals surface area contributed by atoms with Crippen LogP contribution < -0.4 is 5.32 Å². The molecule has 0 radical (unpaired) electrons. The standard InChI is InChI=1S/C16H26N4S/c1-4-5-13-9-20(15(8-17-13)12(2)3)11-14-10-19-6-7-21-16(19)18-14/h6-7,10,12-13,15,17H,4-5,8-9,11H2,1-3H3. The molecule has 0 amide bonds. The number of hydrogen-bond donors (Lipinski definition) is 1. The molecule has 0 aliphatic carbocycles. The molecule has 2 aromatic rings. The molecule has 2 unspecified atom stereocenters. The minimum atomic E-state index is 0.609. The van der Waals surface area contributed by atoms with E-state index < -0.39 is 0 Å². The Morgan fingerprint density at radius 2 is 2.33 bits per heavy atom. The van der Waals surface area contributed by atoms with E-state index in [1.54, 1.807) is 11.3 Å². The third-order valence-electron chi connectivity index (χ3n) is 4.45. The molecule has 1 fully saturated rings. The number of fused-ring (bicyclic) bond motifs is 1.